The maximum atomic E-state index is 7.51. The van der Waals surface area contributed by atoms with Gasteiger partial charge in [-0.1, -0.05) is 127 Å². The average Bonchev–Trinajstić information content (AvgIpc) is 4.02. The number of anilines is 3. The van der Waals surface area contributed by atoms with Gasteiger partial charge in [0.2, 0.25) is 0 Å². The Morgan fingerprint density at radius 2 is 0.609 bits per heavy atom. The first-order chi connectivity index (χ1) is 34.0. The normalized spacial score (nSPS) is 14.0. The van der Waals surface area contributed by atoms with E-state index in [1.807, 2.05) is 0 Å². The van der Waals surface area contributed by atoms with Crippen LogP contribution < -0.4 is 30.3 Å². The van der Waals surface area contributed by atoms with Gasteiger partial charge in [0.15, 0.2) is 38.9 Å². The molecule has 0 saturated carbocycles. The monoisotopic (exact) mass is 903 g/mol. The molecule has 3 aliphatic heterocycles. The highest BCUT2D eigenvalue weighted by molar-refractivity contribution is 7.96. The van der Waals surface area contributed by atoms with Crippen molar-refractivity contribution in [1.82, 2.24) is 13.7 Å². The molecule has 0 fully saturated rings. The zero-order valence-corrected chi connectivity index (χ0v) is 38.6. The van der Waals surface area contributed by atoms with Crippen molar-refractivity contribution in [2.45, 2.75) is 6.92 Å². The minimum Gasteiger partial charge on any atom is -0.449 e. The zero-order chi connectivity index (χ0) is 45.3. The van der Waals surface area contributed by atoms with E-state index in [1.165, 1.54) is 48.5 Å². The van der Waals surface area contributed by atoms with Gasteiger partial charge in [0.25, 0.3) is 0 Å². The summed E-state index contributed by atoms with van der Waals surface area (Å²) < 4.78 is 22.2. The van der Waals surface area contributed by atoms with Crippen LogP contribution in [0.5, 0.6) is 23.0 Å². The molecule has 0 atom stereocenters. The summed E-state index contributed by atoms with van der Waals surface area (Å²) in [7, 11) is -2.50. The van der Waals surface area contributed by atoms with Gasteiger partial charge in [-0.05, 0) is 67.6 Å². The number of hydrogen-bond acceptors (Lipinski definition) is 3. The van der Waals surface area contributed by atoms with E-state index in [2.05, 4.69) is 238 Å². The summed E-state index contributed by atoms with van der Waals surface area (Å²) >= 11 is 0. The minimum absolute atomic E-state index is 0.838. The molecule has 7 heteroatoms. The Hall–Kier alpha value is -8.57. The van der Waals surface area contributed by atoms with Crippen LogP contribution in [0.1, 0.15) is 5.56 Å². The fourth-order valence-electron chi connectivity index (χ4n) is 12.4. The summed E-state index contributed by atoms with van der Waals surface area (Å²) in [5.41, 5.74) is 14.5. The van der Waals surface area contributed by atoms with E-state index >= 15 is 0 Å². The van der Waals surface area contributed by atoms with Gasteiger partial charge in [-0.25, -0.2) is 0 Å². The lowest BCUT2D eigenvalue weighted by molar-refractivity contribution is 0.465. The highest BCUT2D eigenvalue weighted by Crippen LogP contribution is 2.71. The van der Waals surface area contributed by atoms with Gasteiger partial charge >= 0.3 is 0 Å². The average molecular weight is 904 g/mol. The number of fused-ring (bicyclic) bond motifs is 9. The zero-order valence-electron chi connectivity index (χ0n) is 37.7. The molecule has 16 rings (SSSR count). The number of rotatable bonds is 4. The number of para-hydroxylation sites is 6. The third-order valence-corrected chi connectivity index (χ3v) is 19.2. The van der Waals surface area contributed by atoms with E-state index in [-0.39, 0.29) is 0 Å². The second-order valence-corrected chi connectivity index (χ2v) is 22.3. The molecular weight excluding hydrogens is 864 g/mol. The minimum atomic E-state index is -2.50. The molecule has 0 amide bonds. The predicted molar refractivity (Wildman–Crippen MR) is 287 cm³/mol. The van der Waals surface area contributed by atoms with Crippen LogP contribution >= 0.6 is 7.26 Å². The fraction of sp³-hybridized carbons (Fsp3) is 0.0323. The van der Waals surface area contributed by atoms with E-state index < -0.39 is 7.26 Å². The first-order valence-corrected chi connectivity index (χ1v) is 25.9. The first kappa shape index (κ1) is 37.5. The van der Waals surface area contributed by atoms with Crippen LogP contribution in [-0.4, -0.2) is 20.4 Å². The molecule has 0 unspecified atom stereocenters. The molecule has 0 spiro atoms. The Labute approximate surface area is 397 Å². The number of nitrogens with zero attached hydrogens (tertiary/aromatic N) is 4. The fourth-order valence-corrected chi connectivity index (χ4v) is 16.5. The van der Waals surface area contributed by atoms with Crippen LogP contribution in [0.25, 0.3) is 82.5 Å². The van der Waals surface area contributed by atoms with Gasteiger partial charge in [-0.15, -0.1) is 0 Å². The van der Waals surface area contributed by atoms with Crippen molar-refractivity contribution in [3.8, 4) is 40.1 Å². The van der Waals surface area contributed by atoms with Crippen molar-refractivity contribution >= 4 is 106 Å². The van der Waals surface area contributed by atoms with E-state index in [1.54, 1.807) is 0 Å². The number of aryl methyl sites for hydroxylation is 1. The van der Waals surface area contributed by atoms with E-state index in [9.17, 15) is 0 Å². The van der Waals surface area contributed by atoms with Crippen LogP contribution in [0, 0.1) is 6.92 Å². The lowest BCUT2D eigenvalue weighted by Gasteiger charge is -2.44. The molecule has 0 bridgehead atoms. The summed E-state index contributed by atoms with van der Waals surface area (Å²) in [5, 5.41) is 10.9. The molecule has 13 aromatic rings. The van der Waals surface area contributed by atoms with Crippen molar-refractivity contribution in [3.05, 3.63) is 212 Å². The smallest absolute Gasteiger partial charge is 0.189 e. The lowest BCUT2D eigenvalue weighted by atomic mass is 10.1. The van der Waals surface area contributed by atoms with Crippen LogP contribution in [0.15, 0.2) is 206 Å². The maximum Gasteiger partial charge on any atom is 0.189 e. The van der Waals surface area contributed by atoms with E-state index in [0.29, 0.717) is 0 Å². The molecule has 69 heavy (non-hydrogen) atoms. The number of aromatic nitrogens is 3. The van der Waals surface area contributed by atoms with Gasteiger partial charge in [0.1, 0.15) is 7.26 Å². The van der Waals surface area contributed by atoms with Gasteiger partial charge in [-0.3, -0.25) is 0 Å². The molecule has 10 aromatic carbocycles. The van der Waals surface area contributed by atoms with Gasteiger partial charge in [0, 0.05) is 62.3 Å². The molecule has 3 aliphatic rings. The quantitative estimate of drug-likeness (QED) is 0.165. The summed E-state index contributed by atoms with van der Waals surface area (Å²) in [5.74, 6) is 3.43. The Kier molecular flexibility index (Phi) is 7.24. The Morgan fingerprint density at radius 3 is 0.942 bits per heavy atom. The maximum absolute atomic E-state index is 7.51. The molecule has 0 N–H and O–H groups in total. The predicted octanol–water partition coefficient (Wildman–Crippen LogP) is 15.2. The standard InChI is InChI=1S/C62H40N4O2P/c1-37-27-29-38(30-28-37)63-54-31-39(64-48-21-9-3-15-42(48)43-16-4-10-22-49(43)64)33-56-60(54)69(2)61-55(63)32-40(65-50-23-11-5-17-44(50)45-18-6-12-24-51(45)65)34-57(61)68-59-36-41(35-58(67-56)62(59)69)66-52-25-13-7-19-46(52)47-20-8-14-26-53(47)66/h3-36H,1-2H3/q+1. The Balaban J connectivity index is 1.05. The lowest BCUT2D eigenvalue weighted by Crippen LogP contribution is -2.45. The van der Waals surface area contributed by atoms with Gasteiger partial charge in [0.05, 0.1) is 68.2 Å². The summed E-state index contributed by atoms with van der Waals surface area (Å²) in [6.45, 7) is 4.67. The highest BCUT2D eigenvalue weighted by Gasteiger charge is 2.61. The second kappa shape index (κ2) is 13.3. The van der Waals surface area contributed by atoms with Crippen molar-refractivity contribution in [3.63, 3.8) is 0 Å². The van der Waals surface area contributed by atoms with E-state index in [4.69, 9.17) is 9.47 Å². The Morgan fingerprint density at radius 1 is 0.319 bits per heavy atom. The largest absolute Gasteiger partial charge is 0.449 e. The van der Waals surface area contributed by atoms with E-state index in [0.717, 1.165) is 95.5 Å². The molecule has 0 aliphatic carbocycles. The van der Waals surface area contributed by atoms with Crippen molar-refractivity contribution < 1.29 is 9.47 Å². The van der Waals surface area contributed by atoms with Gasteiger partial charge in [-0.2, -0.15) is 0 Å². The van der Waals surface area contributed by atoms with Crippen LogP contribution in [0.4, 0.5) is 17.1 Å². The number of benzene rings is 10. The highest BCUT2D eigenvalue weighted by atomic mass is 31.2. The summed E-state index contributed by atoms with van der Waals surface area (Å²) in [4.78, 5) is 2.49. The number of ether oxygens (including phenoxy) is 2. The summed E-state index contributed by atoms with van der Waals surface area (Å²) in [6.07, 6.45) is 0. The van der Waals surface area contributed by atoms with Gasteiger partial charge < -0.3 is 28.1 Å². The molecule has 3 aromatic heterocycles. The van der Waals surface area contributed by atoms with Crippen molar-refractivity contribution in [2.75, 3.05) is 11.6 Å². The molecule has 0 radical (unpaired) electrons. The third kappa shape index (κ3) is 4.83. The molecule has 6 heterocycles. The SMILES string of the molecule is Cc1ccc(N2c3cc(-n4c5ccccc5c5ccccc54)cc4c3[P+]3(C)c5c(cc(-n6c7ccccc7c7ccccc76)cc5Oc5cc(-n6c7ccccc7c7ccccc76)cc2c53)O4)cc1. The van der Waals surface area contributed by atoms with Crippen LogP contribution in [0.2, 0.25) is 0 Å². The number of hydrogen-bond donors (Lipinski definition) is 0. The van der Waals surface area contributed by atoms with Crippen LogP contribution in [0.3, 0.4) is 0 Å². The Bertz CT molecular complexity index is 4070. The second-order valence-electron chi connectivity index (χ2n) is 18.9. The molecule has 6 nitrogen and oxygen atoms in total. The van der Waals surface area contributed by atoms with Crippen LogP contribution in [-0.2, 0) is 0 Å². The van der Waals surface area contributed by atoms with Crippen molar-refractivity contribution in [1.29, 1.82) is 0 Å². The molecular formula is C62H40N4O2P+. The first-order valence-electron chi connectivity index (χ1n) is 23.6. The third-order valence-electron chi connectivity index (χ3n) is 15.2. The molecule has 324 valence electrons. The van der Waals surface area contributed by atoms with Crippen molar-refractivity contribution in [2.24, 2.45) is 0 Å². The topological polar surface area (TPSA) is 36.5 Å². The molecule has 0 saturated heterocycles. The summed E-state index contributed by atoms with van der Waals surface area (Å²) in [6, 6.07) is 75.4.